The average Bonchev–Trinajstić information content (AvgIpc) is 2.02. The Morgan fingerprint density at radius 2 is 1.93 bits per heavy atom. The number of hydrogen-bond donors (Lipinski definition) is 1. The molecule has 0 bridgehead atoms. The molecule has 0 saturated carbocycles. The third kappa shape index (κ3) is 6.37. The Labute approximate surface area is 85.0 Å². The lowest BCUT2D eigenvalue weighted by molar-refractivity contribution is -0.128. The first kappa shape index (κ1) is 12.8. The number of rotatable bonds is 5. The maximum atomic E-state index is 11.1. The maximum absolute atomic E-state index is 11.1. The Morgan fingerprint density at radius 1 is 1.36 bits per heavy atom. The van der Waals surface area contributed by atoms with Gasteiger partial charge in [-0.25, -0.2) is 0 Å². The molecule has 0 saturated heterocycles. The lowest BCUT2D eigenvalue weighted by atomic mass is 10.2. The number of carbonyl (C=O) groups is 2. The van der Waals surface area contributed by atoms with Crippen LogP contribution >= 0.6 is 0 Å². The molecule has 0 radical (unpaired) electrons. The van der Waals surface area contributed by atoms with Gasteiger partial charge in [0.25, 0.3) is 5.91 Å². The van der Waals surface area contributed by atoms with E-state index in [1.807, 2.05) is 19.0 Å². The van der Waals surface area contributed by atoms with E-state index >= 15 is 0 Å². The molecule has 4 nitrogen and oxygen atoms in total. The molecule has 0 atom stereocenters. The molecule has 0 unspecified atom stereocenters. The number of nitrogens with one attached hydrogen (secondary N) is 1. The molecule has 0 spiro atoms. The van der Waals surface area contributed by atoms with E-state index < -0.39 is 0 Å². The highest BCUT2D eigenvalue weighted by atomic mass is 16.2. The Kier molecular flexibility index (Phi) is 5.79. The molecule has 80 valence electrons. The van der Waals surface area contributed by atoms with Crippen molar-refractivity contribution in [2.45, 2.75) is 19.8 Å². The molecule has 0 heterocycles. The monoisotopic (exact) mass is 198 g/mol. The van der Waals surface area contributed by atoms with Crippen molar-refractivity contribution in [3.05, 3.63) is 12.2 Å². The molecule has 0 aromatic rings. The van der Waals surface area contributed by atoms with Crippen LogP contribution in [0.25, 0.3) is 0 Å². The van der Waals surface area contributed by atoms with E-state index in [1.165, 1.54) is 0 Å². The van der Waals surface area contributed by atoms with E-state index in [-0.39, 0.29) is 11.8 Å². The quantitative estimate of drug-likeness (QED) is 0.656. The summed E-state index contributed by atoms with van der Waals surface area (Å²) in [4.78, 5) is 24.2. The van der Waals surface area contributed by atoms with Gasteiger partial charge < -0.3 is 4.90 Å². The van der Waals surface area contributed by atoms with Crippen LogP contribution in [-0.2, 0) is 9.59 Å². The lowest BCUT2D eigenvalue weighted by Gasteiger charge is -2.08. The second-order valence-electron chi connectivity index (χ2n) is 3.56. The van der Waals surface area contributed by atoms with Crippen LogP contribution in [0.5, 0.6) is 0 Å². The fourth-order valence-electron chi connectivity index (χ4n) is 0.852. The Bertz CT molecular complexity index is 234. The van der Waals surface area contributed by atoms with Crippen LogP contribution in [0.2, 0.25) is 0 Å². The van der Waals surface area contributed by atoms with Gasteiger partial charge in [0.1, 0.15) is 0 Å². The molecule has 0 aromatic carbocycles. The van der Waals surface area contributed by atoms with Gasteiger partial charge in [0.15, 0.2) is 0 Å². The first-order chi connectivity index (χ1) is 6.43. The summed E-state index contributed by atoms with van der Waals surface area (Å²) in [5.41, 5.74) is 0.353. The summed E-state index contributed by atoms with van der Waals surface area (Å²) in [5.74, 6) is -0.625. The summed E-state index contributed by atoms with van der Waals surface area (Å²) in [6.07, 6.45) is 1.12. The molecule has 14 heavy (non-hydrogen) atoms. The van der Waals surface area contributed by atoms with Crippen LogP contribution in [0, 0.1) is 0 Å². The molecular formula is C10H18N2O2. The Balaban J connectivity index is 3.66. The second kappa shape index (κ2) is 6.32. The maximum Gasteiger partial charge on any atom is 0.252 e. The predicted molar refractivity (Wildman–Crippen MR) is 55.8 cm³/mol. The number of hydrogen-bond acceptors (Lipinski definition) is 3. The van der Waals surface area contributed by atoms with Gasteiger partial charge in [-0.15, -0.1) is 0 Å². The third-order valence-electron chi connectivity index (χ3n) is 1.65. The van der Waals surface area contributed by atoms with Gasteiger partial charge in [-0.1, -0.05) is 6.58 Å². The van der Waals surface area contributed by atoms with Gasteiger partial charge in [-0.05, 0) is 34.0 Å². The lowest BCUT2D eigenvalue weighted by Crippen LogP contribution is -2.31. The number of imide groups is 1. The van der Waals surface area contributed by atoms with Crippen LogP contribution < -0.4 is 5.32 Å². The summed E-state index contributed by atoms with van der Waals surface area (Å²) >= 11 is 0. The highest BCUT2D eigenvalue weighted by Crippen LogP contribution is 1.92. The predicted octanol–water partition coefficient (Wildman–Crippen LogP) is 0.547. The molecule has 1 N–H and O–H groups in total. The molecule has 0 aliphatic carbocycles. The van der Waals surface area contributed by atoms with Crippen LogP contribution in [0.1, 0.15) is 19.8 Å². The minimum Gasteiger partial charge on any atom is -0.309 e. The first-order valence-electron chi connectivity index (χ1n) is 4.58. The van der Waals surface area contributed by atoms with E-state index in [1.54, 1.807) is 6.92 Å². The van der Waals surface area contributed by atoms with Crippen LogP contribution in [0.4, 0.5) is 0 Å². The average molecular weight is 198 g/mol. The standard InChI is InChI=1S/C10H18N2O2/c1-8(2)10(14)11-9(13)6-5-7-12(3)4/h1,5-7H2,2-4H3,(H,11,13,14). The summed E-state index contributed by atoms with van der Waals surface area (Å²) in [6.45, 7) is 5.86. The first-order valence-corrected chi connectivity index (χ1v) is 4.58. The zero-order valence-electron chi connectivity index (χ0n) is 9.09. The topological polar surface area (TPSA) is 49.4 Å². The van der Waals surface area contributed by atoms with Crippen molar-refractivity contribution in [3.8, 4) is 0 Å². The SMILES string of the molecule is C=C(C)C(=O)NC(=O)CCCN(C)C. The van der Waals surface area contributed by atoms with Gasteiger partial charge in [0.05, 0.1) is 0 Å². The zero-order chi connectivity index (χ0) is 11.1. The van der Waals surface area contributed by atoms with Crippen molar-refractivity contribution in [1.29, 1.82) is 0 Å². The van der Waals surface area contributed by atoms with Crippen molar-refractivity contribution >= 4 is 11.8 Å². The molecule has 0 fully saturated rings. The van der Waals surface area contributed by atoms with Crippen molar-refractivity contribution in [2.75, 3.05) is 20.6 Å². The van der Waals surface area contributed by atoms with Gasteiger partial charge in [-0.2, -0.15) is 0 Å². The van der Waals surface area contributed by atoms with E-state index in [4.69, 9.17) is 0 Å². The minimum absolute atomic E-state index is 0.236. The fourth-order valence-corrected chi connectivity index (χ4v) is 0.852. The van der Waals surface area contributed by atoms with Crippen molar-refractivity contribution < 1.29 is 9.59 Å². The highest BCUT2D eigenvalue weighted by molar-refractivity contribution is 6.03. The summed E-state index contributed by atoms with van der Waals surface area (Å²) in [5, 5.41) is 2.26. The van der Waals surface area contributed by atoms with Gasteiger partial charge in [0.2, 0.25) is 5.91 Å². The second-order valence-corrected chi connectivity index (χ2v) is 3.56. The molecule has 4 heteroatoms. The van der Waals surface area contributed by atoms with E-state index in [0.717, 1.165) is 13.0 Å². The molecule has 2 amide bonds. The normalized spacial score (nSPS) is 10.0. The van der Waals surface area contributed by atoms with Crippen LogP contribution in [-0.4, -0.2) is 37.4 Å². The van der Waals surface area contributed by atoms with E-state index in [9.17, 15) is 9.59 Å². The Hall–Kier alpha value is -1.16. The molecular weight excluding hydrogens is 180 g/mol. The van der Waals surface area contributed by atoms with Crippen molar-refractivity contribution in [1.82, 2.24) is 10.2 Å². The van der Waals surface area contributed by atoms with Crippen molar-refractivity contribution in [2.24, 2.45) is 0 Å². The largest absolute Gasteiger partial charge is 0.309 e. The molecule has 0 aliphatic rings. The van der Waals surface area contributed by atoms with Crippen LogP contribution in [0.15, 0.2) is 12.2 Å². The minimum atomic E-state index is -0.389. The third-order valence-corrected chi connectivity index (χ3v) is 1.65. The molecule has 0 aromatic heterocycles. The van der Waals surface area contributed by atoms with Gasteiger partial charge >= 0.3 is 0 Å². The van der Waals surface area contributed by atoms with E-state index in [0.29, 0.717) is 12.0 Å². The zero-order valence-corrected chi connectivity index (χ0v) is 9.09. The number of amides is 2. The summed E-state index contributed by atoms with van der Waals surface area (Å²) in [6, 6.07) is 0. The van der Waals surface area contributed by atoms with E-state index in [2.05, 4.69) is 11.9 Å². The smallest absolute Gasteiger partial charge is 0.252 e. The molecule has 0 aliphatic heterocycles. The number of carbonyl (C=O) groups excluding carboxylic acids is 2. The summed E-state index contributed by atoms with van der Waals surface area (Å²) < 4.78 is 0. The summed E-state index contributed by atoms with van der Waals surface area (Å²) in [7, 11) is 3.88. The molecule has 0 rings (SSSR count). The van der Waals surface area contributed by atoms with Gasteiger partial charge in [0, 0.05) is 12.0 Å². The van der Waals surface area contributed by atoms with Crippen molar-refractivity contribution in [3.63, 3.8) is 0 Å². The van der Waals surface area contributed by atoms with Crippen LogP contribution in [0.3, 0.4) is 0 Å². The van der Waals surface area contributed by atoms with Gasteiger partial charge in [-0.3, -0.25) is 14.9 Å². The highest BCUT2D eigenvalue weighted by Gasteiger charge is 2.07. The fraction of sp³-hybridized carbons (Fsp3) is 0.600. The Morgan fingerprint density at radius 3 is 2.36 bits per heavy atom. The number of nitrogens with zero attached hydrogens (tertiary/aromatic N) is 1.